The van der Waals surface area contributed by atoms with Crippen LogP contribution in [0.3, 0.4) is 0 Å². The lowest BCUT2D eigenvalue weighted by Crippen LogP contribution is -2.21. The minimum atomic E-state index is 0.503. The summed E-state index contributed by atoms with van der Waals surface area (Å²) in [5, 5.41) is 11.3. The summed E-state index contributed by atoms with van der Waals surface area (Å²) < 4.78 is 5.24. The summed E-state index contributed by atoms with van der Waals surface area (Å²) in [7, 11) is 0. The Bertz CT molecular complexity index is 510. The van der Waals surface area contributed by atoms with Crippen molar-refractivity contribution >= 4 is 5.69 Å². The summed E-state index contributed by atoms with van der Waals surface area (Å²) in [5.41, 5.74) is 2.06. The molecule has 0 saturated heterocycles. The predicted molar refractivity (Wildman–Crippen MR) is 81.5 cm³/mol. The quantitative estimate of drug-likeness (QED) is 0.814. The molecule has 20 heavy (non-hydrogen) atoms. The topological polar surface area (TPSA) is 51.0 Å². The van der Waals surface area contributed by atoms with E-state index in [9.17, 15) is 0 Å². The molecule has 0 saturated carbocycles. The van der Waals surface area contributed by atoms with Gasteiger partial charge < -0.3 is 9.73 Å². The van der Waals surface area contributed by atoms with Crippen molar-refractivity contribution in [3.8, 4) is 11.5 Å². The second kappa shape index (κ2) is 7.08. The third kappa shape index (κ3) is 3.83. The van der Waals surface area contributed by atoms with E-state index in [0.29, 0.717) is 11.9 Å². The van der Waals surface area contributed by atoms with E-state index in [1.54, 1.807) is 0 Å². The Hall–Kier alpha value is -1.84. The Morgan fingerprint density at radius 2 is 2.10 bits per heavy atom. The molecule has 1 aromatic carbocycles. The fraction of sp³-hybridized carbons (Fsp3) is 0.500. The lowest BCUT2D eigenvalue weighted by atomic mass is 9.97. The summed E-state index contributed by atoms with van der Waals surface area (Å²) in [6.45, 7) is 6.77. The van der Waals surface area contributed by atoms with Gasteiger partial charge in [-0.25, -0.2) is 0 Å². The minimum Gasteiger partial charge on any atom is -0.423 e. The zero-order chi connectivity index (χ0) is 14.4. The van der Waals surface area contributed by atoms with Crippen LogP contribution in [0.1, 0.15) is 40.0 Å². The van der Waals surface area contributed by atoms with E-state index in [-0.39, 0.29) is 0 Å². The normalized spacial score (nSPS) is 13.9. The standard InChI is InChI=1S/C16H23N3O/c1-4-12(3)9-14(5-2)18-15-8-6-7-13(10-15)16-19-17-11-20-16/h6-8,10-12,14,18H,4-5,9H2,1-3H3. The van der Waals surface area contributed by atoms with Crippen LogP contribution < -0.4 is 5.32 Å². The van der Waals surface area contributed by atoms with Gasteiger partial charge in [-0.15, -0.1) is 10.2 Å². The average Bonchev–Trinajstić information content (AvgIpc) is 3.01. The molecule has 2 atom stereocenters. The highest BCUT2D eigenvalue weighted by Crippen LogP contribution is 2.22. The fourth-order valence-corrected chi connectivity index (χ4v) is 2.26. The first-order valence-electron chi connectivity index (χ1n) is 7.36. The molecule has 0 aliphatic rings. The van der Waals surface area contributed by atoms with Crippen molar-refractivity contribution in [3.05, 3.63) is 30.7 Å². The maximum absolute atomic E-state index is 5.24. The van der Waals surface area contributed by atoms with E-state index in [4.69, 9.17) is 4.42 Å². The van der Waals surface area contributed by atoms with Gasteiger partial charge in [0.2, 0.25) is 12.3 Å². The maximum atomic E-state index is 5.24. The monoisotopic (exact) mass is 273 g/mol. The molecule has 0 fully saturated rings. The molecule has 0 spiro atoms. The van der Waals surface area contributed by atoms with Gasteiger partial charge in [0.15, 0.2) is 0 Å². The van der Waals surface area contributed by atoms with Gasteiger partial charge in [-0.05, 0) is 37.0 Å². The number of nitrogens with one attached hydrogen (secondary N) is 1. The molecular weight excluding hydrogens is 250 g/mol. The second-order valence-electron chi connectivity index (χ2n) is 5.32. The predicted octanol–water partition coefficient (Wildman–Crippen LogP) is 4.36. The maximum Gasteiger partial charge on any atom is 0.247 e. The number of hydrogen-bond acceptors (Lipinski definition) is 4. The number of anilines is 1. The Morgan fingerprint density at radius 1 is 1.25 bits per heavy atom. The number of benzene rings is 1. The Labute approximate surface area is 120 Å². The van der Waals surface area contributed by atoms with Crippen molar-refractivity contribution in [2.45, 2.75) is 46.1 Å². The number of nitrogens with zero attached hydrogens (tertiary/aromatic N) is 2. The van der Waals surface area contributed by atoms with Gasteiger partial charge in [-0.1, -0.05) is 33.3 Å². The van der Waals surface area contributed by atoms with Gasteiger partial charge in [-0.3, -0.25) is 0 Å². The molecule has 4 nitrogen and oxygen atoms in total. The first-order valence-corrected chi connectivity index (χ1v) is 7.36. The van der Waals surface area contributed by atoms with Crippen molar-refractivity contribution in [2.24, 2.45) is 5.92 Å². The zero-order valence-electron chi connectivity index (χ0n) is 12.5. The van der Waals surface area contributed by atoms with Gasteiger partial charge >= 0.3 is 0 Å². The molecule has 108 valence electrons. The van der Waals surface area contributed by atoms with Crippen molar-refractivity contribution < 1.29 is 4.42 Å². The van der Waals surface area contributed by atoms with Gasteiger partial charge in [0.25, 0.3) is 0 Å². The van der Waals surface area contributed by atoms with Crippen LogP contribution in [0.4, 0.5) is 5.69 Å². The molecule has 4 heteroatoms. The van der Waals surface area contributed by atoms with Gasteiger partial charge in [0.05, 0.1) is 0 Å². The van der Waals surface area contributed by atoms with Crippen LogP contribution in [0.5, 0.6) is 0 Å². The van der Waals surface area contributed by atoms with Crippen molar-refractivity contribution in [3.63, 3.8) is 0 Å². The molecule has 0 aliphatic heterocycles. The average molecular weight is 273 g/mol. The molecule has 2 aromatic rings. The molecule has 0 bridgehead atoms. The van der Waals surface area contributed by atoms with Crippen LogP contribution in [0.25, 0.3) is 11.5 Å². The van der Waals surface area contributed by atoms with E-state index in [0.717, 1.165) is 23.6 Å². The van der Waals surface area contributed by atoms with Gasteiger partial charge in [-0.2, -0.15) is 0 Å². The SMILES string of the molecule is CCC(C)CC(CC)Nc1cccc(-c2nnco2)c1. The van der Waals surface area contributed by atoms with Crippen LogP contribution in [-0.4, -0.2) is 16.2 Å². The number of rotatable bonds is 7. The van der Waals surface area contributed by atoms with Crippen LogP contribution >= 0.6 is 0 Å². The Kier molecular flexibility index (Phi) is 5.16. The highest BCUT2D eigenvalue weighted by molar-refractivity contribution is 5.61. The van der Waals surface area contributed by atoms with Gasteiger partial charge in [0, 0.05) is 17.3 Å². The summed E-state index contributed by atoms with van der Waals surface area (Å²) in [4.78, 5) is 0. The van der Waals surface area contributed by atoms with Crippen LogP contribution in [-0.2, 0) is 0 Å². The van der Waals surface area contributed by atoms with Crippen LogP contribution in [0.2, 0.25) is 0 Å². The first-order chi connectivity index (χ1) is 9.72. The molecule has 1 heterocycles. The first kappa shape index (κ1) is 14.6. The minimum absolute atomic E-state index is 0.503. The smallest absolute Gasteiger partial charge is 0.247 e. The van der Waals surface area contributed by atoms with Crippen LogP contribution in [0.15, 0.2) is 35.1 Å². The molecule has 0 radical (unpaired) electrons. The molecule has 2 unspecified atom stereocenters. The lowest BCUT2D eigenvalue weighted by molar-refractivity contribution is 0.462. The fourth-order valence-electron chi connectivity index (χ4n) is 2.26. The molecule has 0 amide bonds. The van der Waals surface area contributed by atoms with E-state index >= 15 is 0 Å². The second-order valence-corrected chi connectivity index (χ2v) is 5.32. The number of hydrogen-bond donors (Lipinski definition) is 1. The molecule has 2 rings (SSSR count). The Morgan fingerprint density at radius 3 is 2.75 bits per heavy atom. The summed E-state index contributed by atoms with van der Waals surface area (Å²) >= 11 is 0. The highest BCUT2D eigenvalue weighted by Gasteiger charge is 2.11. The van der Waals surface area contributed by atoms with Gasteiger partial charge in [0.1, 0.15) is 0 Å². The largest absolute Gasteiger partial charge is 0.423 e. The van der Waals surface area contributed by atoms with Crippen molar-refractivity contribution in [1.82, 2.24) is 10.2 Å². The van der Waals surface area contributed by atoms with Crippen molar-refractivity contribution in [1.29, 1.82) is 0 Å². The highest BCUT2D eigenvalue weighted by atomic mass is 16.4. The van der Waals surface area contributed by atoms with E-state index in [1.807, 2.05) is 12.1 Å². The lowest BCUT2D eigenvalue weighted by Gasteiger charge is -2.21. The van der Waals surface area contributed by atoms with E-state index in [1.165, 1.54) is 19.2 Å². The molecule has 1 N–H and O–H groups in total. The summed E-state index contributed by atoms with van der Waals surface area (Å²) in [6.07, 6.45) is 4.89. The Balaban J connectivity index is 2.07. The van der Waals surface area contributed by atoms with E-state index in [2.05, 4.69) is 48.4 Å². The molecule has 0 aliphatic carbocycles. The third-order valence-corrected chi connectivity index (χ3v) is 3.72. The third-order valence-electron chi connectivity index (χ3n) is 3.72. The number of aromatic nitrogens is 2. The molecular formula is C16H23N3O. The molecule has 1 aromatic heterocycles. The van der Waals surface area contributed by atoms with Crippen LogP contribution in [0, 0.1) is 5.92 Å². The summed E-state index contributed by atoms with van der Waals surface area (Å²) in [5.74, 6) is 1.30. The summed E-state index contributed by atoms with van der Waals surface area (Å²) in [6, 6.07) is 8.64. The van der Waals surface area contributed by atoms with Crippen molar-refractivity contribution in [2.75, 3.05) is 5.32 Å². The van der Waals surface area contributed by atoms with E-state index < -0.39 is 0 Å². The zero-order valence-corrected chi connectivity index (χ0v) is 12.5.